The predicted octanol–water partition coefficient (Wildman–Crippen LogP) is 0.478. The van der Waals surface area contributed by atoms with E-state index >= 15 is 0 Å². The number of halogens is 3. The number of esters is 1. The van der Waals surface area contributed by atoms with Crippen molar-refractivity contribution in [2.45, 2.75) is 6.18 Å². The summed E-state index contributed by atoms with van der Waals surface area (Å²) in [5.41, 5.74) is 2.81. The van der Waals surface area contributed by atoms with Crippen LogP contribution < -0.4 is 11.1 Å². The molecule has 1 heterocycles. The molecule has 1 aromatic rings. The van der Waals surface area contributed by atoms with E-state index in [-0.39, 0.29) is 36.7 Å². The molecule has 0 saturated heterocycles. The second-order valence-electron chi connectivity index (χ2n) is 5.58. The molecular formula is C16H16F3N3O5. The number of ether oxygens (including phenoxy) is 1. The lowest BCUT2D eigenvalue weighted by atomic mass is 10.1. The molecule has 0 aliphatic carbocycles. The molecule has 27 heavy (non-hydrogen) atoms. The van der Waals surface area contributed by atoms with Gasteiger partial charge in [0.2, 0.25) is 5.91 Å². The number of alkyl halides is 3. The van der Waals surface area contributed by atoms with Gasteiger partial charge in [-0.15, -0.1) is 0 Å². The number of aliphatic hydroxyl groups is 1. The number of amides is 2. The SMILES string of the molecule is COC(=O)C1=C(Nc2cc(C(N)=O)cc(C(F)(F)F)c2)C(=O)N(CCO)C1. The smallest absolute Gasteiger partial charge is 0.416 e. The van der Waals surface area contributed by atoms with E-state index in [9.17, 15) is 27.6 Å². The minimum absolute atomic E-state index is 0.0837. The van der Waals surface area contributed by atoms with Gasteiger partial charge in [-0.1, -0.05) is 0 Å². The number of nitrogens with one attached hydrogen (secondary N) is 1. The summed E-state index contributed by atoms with van der Waals surface area (Å²) in [5, 5.41) is 11.5. The van der Waals surface area contributed by atoms with Crippen LogP contribution in [-0.2, 0) is 20.5 Å². The lowest BCUT2D eigenvalue weighted by molar-refractivity contribution is -0.138. The number of nitrogens with two attached hydrogens (primary N) is 1. The largest absolute Gasteiger partial charge is 0.466 e. The zero-order valence-corrected chi connectivity index (χ0v) is 14.1. The topological polar surface area (TPSA) is 122 Å². The number of benzene rings is 1. The molecule has 0 aromatic heterocycles. The van der Waals surface area contributed by atoms with Gasteiger partial charge in [-0.25, -0.2) is 4.79 Å². The van der Waals surface area contributed by atoms with Crippen molar-refractivity contribution < 1.29 is 37.4 Å². The monoisotopic (exact) mass is 387 g/mol. The molecule has 0 bridgehead atoms. The van der Waals surface area contributed by atoms with Gasteiger partial charge < -0.3 is 25.8 Å². The normalized spacial score (nSPS) is 14.6. The number of methoxy groups -OCH3 is 1. The van der Waals surface area contributed by atoms with Crippen LogP contribution in [-0.4, -0.2) is 54.6 Å². The Balaban J connectivity index is 2.48. The van der Waals surface area contributed by atoms with Crippen molar-refractivity contribution in [1.29, 1.82) is 0 Å². The van der Waals surface area contributed by atoms with Gasteiger partial charge in [-0.2, -0.15) is 13.2 Å². The highest BCUT2D eigenvalue weighted by atomic mass is 19.4. The van der Waals surface area contributed by atoms with Crippen LogP contribution in [0.3, 0.4) is 0 Å². The maximum atomic E-state index is 13.1. The van der Waals surface area contributed by atoms with E-state index in [1.54, 1.807) is 0 Å². The fourth-order valence-corrected chi connectivity index (χ4v) is 2.50. The molecule has 1 aliphatic heterocycles. The van der Waals surface area contributed by atoms with Crippen LogP contribution in [0.4, 0.5) is 18.9 Å². The molecule has 4 N–H and O–H groups in total. The van der Waals surface area contributed by atoms with Gasteiger partial charge in [0.1, 0.15) is 5.70 Å². The average molecular weight is 387 g/mol. The maximum absolute atomic E-state index is 13.1. The Bertz CT molecular complexity index is 820. The highest BCUT2D eigenvalue weighted by molar-refractivity contribution is 6.08. The molecule has 0 radical (unpaired) electrons. The van der Waals surface area contributed by atoms with Gasteiger partial charge >= 0.3 is 12.1 Å². The van der Waals surface area contributed by atoms with Crippen molar-refractivity contribution in [3.05, 3.63) is 40.6 Å². The first kappa shape index (κ1) is 20.2. The Hall–Kier alpha value is -3.08. The van der Waals surface area contributed by atoms with Crippen LogP contribution in [0.25, 0.3) is 0 Å². The number of aliphatic hydroxyl groups excluding tert-OH is 1. The number of carbonyl (C=O) groups excluding carboxylic acids is 3. The van der Waals surface area contributed by atoms with Crippen molar-refractivity contribution in [3.8, 4) is 0 Å². The quantitative estimate of drug-likeness (QED) is 0.611. The molecule has 1 aliphatic rings. The number of hydrogen-bond acceptors (Lipinski definition) is 6. The number of primary amides is 1. The Morgan fingerprint density at radius 3 is 2.52 bits per heavy atom. The fourth-order valence-electron chi connectivity index (χ4n) is 2.50. The summed E-state index contributed by atoms with van der Waals surface area (Å²) in [6.45, 7) is -0.640. The van der Waals surface area contributed by atoms with Gasteiger partial charge in [-0.05, 0) is 18.2 Å². The predicted molar refractivity (Wildman–Crippen MR) is 86.3 cm³/mol. The Morgan fingerprint density at radius 1 is 1.33 bits per heavy atom. The number of rotatable bonds is 6. The standard InChI is InChI=1S/C16H16F3N3O5/c1-27-15(26)11-7-22(2-3-23)14(25)12(11)21-10-5-8(13(20)24)4-9(6-10)16(17,18)19/h4-6,21,23H,2-3,7H2,1H3,(H2,20,24). The first-order valence-electron chi connectivity index (χ1n) is 7.59. The third-order valence-corrected chi connectivity index (χ3v) is 3.77. The highest BCUT2D eigenvalue weighted by Crippen LogP contribution is 2.33. The minimum atomic E-state index is -4.76. The number of hydrogen-bond donors (Lipinski definition) is 3. The number of β-amino-alcohol motifs (C(OH)–C–C–N with tert-alkyl or cyclic N) is 1. The summed E-state index contributed by atoms with van der Waals surface area (Å²) in [6, 6.07) is 2.29. The lowest BCUT2D eigenvalue weighted by Crippen LogP contribution is -2.31. The molecule has 0 fully saturated rings. The summed E-state index contributed by atoms with van der Waals surface area (Å²) in [5.74, 6) is -2.65. The molecule has 1 aromatic carbocycles. The second kappa shape index (κ2) is 7.66. The van der Waals surface area contributed by atoms with E-state index in [2.05, 4.69) is 10.1 Å². The van der Waals surface area contributed by atoms with Gasteiger partial charge in [0.15, 0.2) is 0 Å². The van der Waals surface area contributed by atoms with E-state index in [0.717, 1.165) is 18.1 Å². The molecule has 2 amide bonds. The number of carbonyl (C=O) groups is 3. The highest BCUT2D eigenvalue weighted by Gasteiger charge is 2.36. The van der Waals surface area contributed by atoms with Gasteiger partial charge in [0.25, 0.3) is 5.91 Å². The molecule has 0 atom stereocenters. The second-order valence-corrected chi connectivity index (χ2v) is 5.58. The Morgan fingerprint density at radius 2 is 2.00 bits per heavy atom. The summed E-state index contributed by atoms with van der Waals surface area (Å²) in [4.78, 5) is 36.8. The van der Waals surface area contributed by atoms with Crippen LogP contribution >= 0.6 is 0 Å². The molecule has 8 nitrogen and oxygen atoms in total. The van der Waals surface area contributed by atoms with Crippen LogP contribution in [0.1, 0.15) is 15.9 Å². The molecule has 2 rings (SSSR count). The molecule has 146 valence electrons. The van der Waals surface area contributed by atoms with E-state index in [1.807, 2.05) is 0 Å². The van der Waals surface area contributed by atoms with Crippen molar-refractivity contribution >= 4 is 23.5 Å². The molecular weight excluding hydrogens is 371 g/mol. The van der Waals surface area contributed by atoms with E-state index in [4.69, 9.17) is 10.8 Å². The van der Waals surface area contributed by atoms with Crippen molar-refractivity contribution in [3.63, 3.8) is 0 Å². The summed E-state index contributed by atoms with van der Waals surface area (Å²) < 4.78 is 43.7. The molecule has 11 heteroatoms. The van der Waals surface area contributed by atoms with Crippen LogP contribution in [0.5, 0.6) is 0 Å². The Labute approximate surface area is 151 Å². The number of nitrogens with zero attached hydrogens (tertiary/aromatic N) is 1. The molecule has 0 saturated carbocycles. The zero-order valence-electron chi connectivity index (χ0n) is 14.1. The van der Waals surface area contributed by atoms with Crippen LogP contribution in [0.2, 0.25) is 0 Å². The first-order valence-corrected chi connectivity index (χ1v) is 7.59. The maximum Gasteiger partial charge on any atom is 0.416 e. The zero-order chi connectivity index (χ0) is 20.4. The van der Waals surface area contributed by atoms with Gasteiger partial charge in [0.05, 0.1) is 31.4 Å². The third kappa shape index (κ3) is 4.37. The van der Waals surface area contributed by atoms with Crippen molar-refractivity contribution in [2.75, 3.05) is 32.1 Å². The number of anilines is 1. The fraction of sp³-hybridized carbons (Fsp3) is 0.312. The minimum Gasteiger partial charge on any atom is -0.466 e. The van der Waals surface area contributed by atoms with Gasteiger partial charge in [-0.3, -0.25) is 9.59 Å². The lowest BCUT2D eigenvalue weighted by Gasteiger charge is -2.16. The summed E-state index contributed by atoms with van der Waals surface area (Å²) >= 11 is 0. The van der Waals surface area contributed by atoms with Gasteiger partial charge in [0, 0.05) is 17.8 Å². The third-order valence-electron chi connectivity index (χ3n) is 3.77. The Kier molecular flexibility index (Phi) is 5.74. The molecule has 0 unspecified atom stereocenters. The van der Waals surface area contributed by atoms with E-state index < -0.39 is 35.1 Å². The molecule has 0 spiro atoms. The average Bonchev–Trinajstić information content (AvgIpc) is 2.90. The van der Waals surface area contributed by atoms with Crippen LogP contribution in [0.15, 0.2) is 29.5 Å². The van der Waals surface area contributed by atoms with Crippen LogP contribution in [0, 0.1) is 0 Å². The summed E-state index contributed by atoms with van der Waals surface area (Å²) in [7, 11) is 1.08. The van der Waals surface area contributed by atoms with Crippen molar-refractivity contribution in [2.24, 2.45) is 5.73 Å². The van der Waals surface area contributed by atoms with E-state index in [1.165, 1.54) is 0 Å². The summed E-state index contributed by atoms with van der Waals surface area (Å²) in [6.07, 6.45) is -4.76. The first-order chi connectivity index (χ1) is 12.6. The van der Waals surface area contributed by atoms with E-state index in [0.29, 0.717) is 12.1 Å². The van der Waals surface area contributed by atoms with Crippen molar-refractivity contribution in [1.82, 2.24) is 4.90 Å².